The van der Waals surface area contributed by atoms with E-state index in [0.29, 0.717) is 5.56 Å². The van der Waals surface area contributed by atoms with Gasteiger partial charge in [0.15, 0.2) is 11.7 Å². The van der Waals surface area contributed by atoms with Crippen LogP contribution < -0.4 is 5.32 Å². The Balaban J connectivity index is 1.83. The highest BCUT2D eigenvalue weighted by Crippen LogP contribution is 2.16. The predicted octanol–water partition coefficient (Wildman–Crippen LogP) is 2.66. The lowest BCUT2D eigenvalue weighted by Crippen LogP contribution is -2.34. The maximum Gasteiger partial charge on any atom is 0.333 e. The van der Waals surface area contributed by atoms with Gasteiger partial charge in [0.05, 0.1) is 7.11 Å². The molecule has 1 unspecified atom stereocenters. The third-order valence-electron chi connectivity index (χ3n) is 3.77. The molecule has 0 saturated carbocycles. The minimum Gasteiger partial charge on any atom is -0.467 e. The van der Waals surface area contributed by atoms with Crippen molar-refractivity contribution in [2.45, 2.75) is 6.04 Å². The van der Waals surface area contributed by atoms with E-state index in [1.165, 1.54) is 30.1 Å². The van der Waals surface area contributed by atoms with E-state index in [4.69, 9.17) is 4.74 Å². The molecule has 2 aromatic carbocycles. The van der Waals surface area contributed by atoms with Crippen molar-refractivity contribution in [1.29, 1.82) is 0 Å². The monoisotopic (exact) mass is 353 g/mol. The number of carbonyl (C=O) groups is 2. The first-order valence-corrected chi connectivity index (χ1v) is 7.84. The van der Waals surface area contributed by atoms with Gasteiger partial charge in [0.25, 0.3) is 5.91 Å². The Morgan fingerprint density at radius 2 is 1.77 bits per heavy atom. The molecule has 7 heteroatoms. The predicted molar refractivity (Wildman–Crippen MR) is 92.2 cm³/mol. The van der Waals surface area contributed by atoms with Gasteiger partial charge in [-0.25, -0.2) is 13.9 Å². The smallest absolute Gasteiger partial charge is 0.333 e. The zero-order chi connectivity index (χ0) is 18.5. The van der Waals surface area contributed by atoms with Crippen molar-refractivity contribution >= 4 is 11.9 Å². The molecule has 0 bridgehead atoms. The summed E-state index contributed by atoms with van der Waals surface area (Å²) in [5.41, 5.74) is 0.860. The summed E-state index contributed by atoms with van der Waals surface area (Å²) < 4.78 is 19.9. The molecular formula is C19H16FN3O3. The third-order valence-corrected chi connectivity index (χ3v) is 3.77. The minimum absolute atomic E-state index is 0.0538. The molecule has 3 rings (SSSR count). The molecule has 0 aliphatic heterocycles. The number of methoxy groups -OCH3 is 1. The van der Waals surface area contributed by atoms with Crippen molar-refractivity contribution in [1.82, 2.24) is 15.1 Å². The number of carbonyl (C=O) groups excluding carboxylic acids is 2. The largest absolute Gasteiger partial charge is 0.467 e. The van der Waals surface area contributed by atoms with Gasteiger partial charge in [-0.15, -0.1) is 0 Å². The lowest BCUT2D eigenvalue weighted by atomic mass is 10.1. The van der Waals surface area contributed by atoms with Crippen LogP contribution in [0.2, 0.25) is 0 Å². The highest BCUT2D eigenvalue weighted by atomic mass is 19.1. The van der Waals surface area contributed by atoms with Crippen molar-refractivity contribution in [3.05, 3.63) is 83.9 Å². The van der Waals surface area contributed by atoms with Crippen molar-refractivity contribution in [3.63, 3.8) is 0 Å². The molecule has 0 aliphatic rings. The quantitative estimate of drug-likeness (QED) is 0.716. The van der Waals surface area contributed by atoms with Crippen LogP contribution in [-0.2, 0) is 9.53 Å². The maximum atomic E-state index is 13.8. The Morgan fingerprint density at radius 1 is 1.08 bits per heavy atom. The van der Waals surface area contributed by atoms with Crippen LogP contribution in [0.5, 0.6) is 0 Å². The number of benzene rings is 2. The van der Waals surface area contributed by atoms with E-state index in [0.717, 1.165) is 0 Å². The average molecular weight is 353 g/mol. The molecule has 0 saturated heterocycles. The van der Waals surface area contributed by atoms with Crippen molar-refractivity contribution in [2.24, 2.45) is 0 Å². The van der Waals surface area contributed by atoms with E-state index >= 15 is 0 Å². The van der Waals surface area contributed by atoms with E-state index < -0.39 is 23.7 Å². The van der Waals surface area contributed by atoms with Gasteiger partial charge in [0.1, 0.15) is 11.5 Å². The number of nitrogens with one attached hydrogen (secondary N) is 1. The summed E-state index contributed by atoms with van der Waals surface area (Å²) in [4.78, 5) is 24.5. The molecule has 0 aliphatic carbocycles. The second kappa shape index (κ2) is 7.60. The summed E-state index contributed by atoms with van der Waals surface area (Å²) in [6.45, 7) is 0. The maximum absolute atomic E-state index is 13.8. The molecule has 0 spiro atoms. The van der Waals surface area contributed by atoms with Crippen LogP contribution in [0, 0.1) is 5.82 Å². The Kier molecular flexibility index (Phi) is 5.07. The van der Waals surface area contributed by atoms with Crippen LogP contribution >= 0.6 is 0 Å². The topological polar surface area (TPSA) is 73.2 Å². The molecule has 1 amide bonds. The first-order chi connectivity index (χ1) is 12.6. The fraction of sp³-hybridized carbons (Fsp3) is 0.105. The van der Waals surface area contributed by atoms with E-state index in [1.54, 1.807) is 48.5 Å². The van der Waals surface area contributed by atoms with E-state index in [2.05, 4.69) is 10.4 Å². The zero-order valence-corrected chi connectivity index (χ0v) is 13.9. The second-order valence-corrected chi connectivity index (χ2v) is 5.44. The van der Waals surface area contributed by atoms with Gasteiger partial charge in [0.2, 0.25) is 0 Å². The molecule has 1 heterocycles. The van der Waals surface area contributed by atoms with Crippen LogP contribution in [0.4, 0.5) is 4.39 Å². The van der Waals surface area contributed by atoms with Gasteiger partial charge in [-0.2, -0.15) is 5.10 Å². The number of nitrogens with zero attached hydrogens (tertiary/aromatic N) is 2. The van der Waals surface area contributed by atoms with E-state index in [1.807, 2.05) is 0 Å². The first-order valence-electron chi connectivity index (χ1n) is 7.84. The van der Waals surface area contributed by atoms with E-state index in [-0.39, 0.29) is 11.4 Å². The number of rotatable bonds is 5. The number of aromatic nitrogens is 2. The van der Waals surface area contributed by atoms with Crippen LogP contribution in [0.25, 0.3) is 5.69 Å². The summed E-state index contributed by atoms with van der Waals surface area (Å²) in [6, 6.07) is 15.3. The molecule has 1 atom stereocenters. The zero-order valence-electron chi connectivity index (χ0n) is 13.9. The molecule has 26 heavy (non-hydrogen) atoms. The van der Waals surface area contributed by atoms with Crippen LogP contribution in [-0.4, -0.2) is 28.8 Å². The van der Waals surface area contributed by atoms with Gasteiger partial charge in [-0.3, -0.25) is 4.79 Å². The summed E-state index contributed by atoms with van der Waals surface area (Å²) in [5, 5.41) is 6.68. The Morgan fingerprint density at radius 3 is 2.46 bits per heavy atom. The van der Waals surface area contributed by atoms with Gasteiger partial charge < -0.3 is 10.1 Å². The first kappa shape index (κ1) is 17.3. The van der Waals surface area contributed by atoms with Crippen molar-refractivity contribution < 1.29 is 18.7 Å². The fourth-order valence-corrected chi connectivity index (χ4v) is 2.46. The summed E-state index contributed by atoms with van der Waals surface area (Å²) in [6.07, 6.45) is 1.48. The molecular weight excluding hydrogens is 337 g/mol. The summed E-state index contributed by atoms with van der Waals surface area (Å²) in [5.74, 6) is -1.63. The normalized spacial score (nSPS) is 11.6. The number of halogens is 1. The van der Waals surface area contributed by atoms with Crippen LogP contribution in [0.15, 0.2) is 66.9 Å². The SMILES string of the molecule is COC(=O)C(NC(=O)c1ccn(-c2ccccc2F)n1)c1ccccc1. The van der Waals surface area contributed by atoms with E-state index in [9.17, 15) is 14.0 Å². The summed E-state index contributed by atoms with van der Waals surface area (Å²) >= 11 is 0. The molecule has 132 valence electrons. The lowest BCUT2D eigenvalue weighted by molar-refractivity contribution is -0.143. The Labute approximate surface area is 149 Å². The Bertz CT molecular complexity index is 925. The number of esters is 1. The molecule has 3 aromatic rings. The van der Waals surface area contributed by atoms with Crippen LogP contribution in [0.3, 0.4) is 0 Å². The highest BCUT2D eigenvalue weighted by Gasteiger charge is 2.25. The van der Waals surface area contributed by atoms with Gasteiger partial charge >= 0.3 is 5.97 Å². The number of hydrogen-bond acceptors (Lipinski definition) is 4. The summed E-state index contributed by atoms with van der Waals surface area (Å²) in [7, 11) is 1.25. The third kappa shape index (κ3) is 3.61. The van der Waals surface area contributed by atoms with Crippen molar-refractivity contribution in [3.8, 4) is 5.69 Å². The number of hydrogen-bond donors (Lipinski definition) is 1. The van der Waals surface area contributed by atoms with Gasteiger partial charge in [-0.1, -0.05) is 42.5 Å². The molecule has 6 nitrogen and oxygen atoms in total. The minimum atomic E-state index is -0.965. The molecule has 1 aromatic heterocycles. The standard InChI is InChI=1S/C19H16FN3O3/c1-26-19(25)17(13-7-3-2-4-8-13)21-18(24)15-11-12-23(22-15)16-10-6-5-9-14(16)20/h2-12,17H,1H3,(H,21,24). The molecule has 0 radical (unpaired) electrons. The highest BCUT2D eigenvalue weighted by molar-refractivity contribution is 5.95. The second-order valence-electron chi connectivity index (χ2n) is 5.44. The fourth-order valence-electron chi connectivity index (χ4n) is 2.46. The molecule has 1 N–H and O–H groups in total. The number of para-hydroxylation sites is 1. The molecule has 0 fully saturated rings. The number of ether oxygens (including phenoxy) is 1. The van der Waals surface area contributed by atoms with Gasteiger partial charge in [0, 0.05) is 6.20 Å². The average Bonchev–Trinajstić information content (AvgIpc) is 3.16. The Hall–Kier alpha value is -3.48. The number of amides is 1. The van der Waals surface area contributed by atoms with Gasteiger partial charge in [-0.05, 0) is 23.8 Å². The van der Waals surface area contributed by atoms with Crippen molar-refractivity contribution in [2.75, 3.05) is 7.11 Å². The lowest BCUT2D eigenvalue weighted by Gasteiger charge is -2.16. The van der Waals surface area contributed by atoms with Crippen LogP contribution in [0.1, 0.15) is 22.1 Å².